The van der Waals surface area contributed by atoms with E-state index in [4.69, 9.17) is 16.7 Å². The molecule has 12 heavy (non-hydrogen) atoms. The first-order valence-corrected chi connectivity index (χ1v) is 3.97. The maximum atomic E-state index is 10.7. The van der Waals surface area contributed by atoms with Gasteiger partial charge in [0.25, 0.3) is 0 Å². The number of hydrogen-bond donors (Lipinski definition) is 1. The van der Waals surface area contributed by atoms with Crippen molar-refractivity contribution in [2.24, 2.45) is 0 Å². The van der Waals surface area contributed by atoms with Crippen molar-refractivity contribution in [2.45, 2.75) is 12.8 Å². The molecule has 0 spiro atoms. The Labute approximate surface area is 75.8 Å². The molecule has 64 valence electrons. The Morgan fingerprint density at radius 2 is 1.92 bits per heavy atom. The molecule has 0 saturated carbocycles. The lowest BCUT2D eigenvalue weighted by Crippen LogP contribution is -2.00. The number of carbonyl (C=O) groups excluding carboxylic acids is 1. The lowest BCUT2D eigenvalue weighted by Gasteiger charge is -2.05. The molecule has 0 saturated heterocycles. The van der Waals surface area contributed by atoms with Gasteiger partial charge in [-0.25, -0.2) is 0 Å². The van der Waals surface area contributed by atoms with E-state index in [9.17, 15) is 4.79 Å². The first kappa shape index (κ1) is 9.07. The lowest BCUT2D eigenvalue weighted by atomic mass is 10.0. The van der Waals surface area contributed by atoms with Crippen LogP contribution < -0.4 is 0 Å². The van der Waals surface area contributed by atoms with Gasteiger partial charge in [-0.3, -0.25) is 4.79 Å². The molecule has 0 aliphatic rings. The fourth-order valence-electron chi connectivity index (χ4n) is 0.894. The van der Waals surface area contributed by atoms with Crippen LogP contribution in [0.1, 0.15) is 18.4 Å². The minimum absolute atomic E-state index is 0.188. The molecule has 2 nitrogen and oxygen atoms in total. The van der Waals surface area contributed by atoms with Gasteiger partial charge in [0.1, 0.15) is 5.75 Å². The van der Waals surface area contributed by atoms with E-state index in [-0.39, 0.29) is 16.9 Å². The van der Waals surface area contributed by atoms with Crippen molar-refractivity contribution < 1.29 is 9.90 Å². The Balaban J connectivity index is 2.89. The molecule has 0 radical (unpaired) electrons. The van der Waals surface area contributed by atoms with Crippen LogP contribution in [-0.2, 0) is 4.79 Å². The van der Waals surface area contributed by atoms with Crippen LogP contribution in [0.4, 0.5) is 0 Å². The smallest absolute Gasteiger partial charge is 0.228 e. The molecule has 0 heterocycles. The van der Waals surface area contributed by atoms with Crippen molar-refractivity contribution >= 4 is 16.8 Å². The molecule has 1 rings (SSSR count). The molecule has 0 amide bonds. The van der Waals surface area contributed by atoms with E-state index in [0.29, 0.717) is 0 Å². The third-order valence-corrected chi connectivity index (χ3v) is 2.06. The zero-order chi connectivity index (χ0) is 9.14. The highest BCUT2D eigenvalue weighted by Crippen LogP contribution is 2.20. The average molecular weight is 185 g/mol. The van der Waals surface area contributed by atoms with Gasteiger partial charge in [0, 0.05) is 0 Å². The number of benzene rings is 1. The SMILES string of the molecule is CC(C(=O)Cl)c1ccc(O)cc1. The Morgan fingerprint density at radius 3 is 2.33 bits per heavy atom. The second-order valence-corrected chi connectivity index (χ2v) is 2.99. The highest BCUT2D eigenvalue weighted by atomic mass is 35.5. The zero-order valence-electron chi connectivity index (χ0n) is 6.62. The van der Waals surface area contributed by atoms with Crippen LogP contribution in [0.25, 0.3) is 0 Å². The van der Waals surface area contributed by atoms with Crippen molar-refractivity contribution in [1.82, 2.24) is 0 Å². The molecular formula is C9H9ClO2. The van der Waals surface area contributed by atoms with Crippen molar-refractivity contribution in [3.05, 3.63) is 29.8 Å². The maximum absolute atomic E-state index is 10.7. The summed E-state index contributed by atoms with van der Waals surface area (Å²) in [5.41, 5.74) is 0.813. The Morgan fingerprint density at radius 1 is 1.42 bits per heavy atom. The second kappa shape index (κ2) is 3.59. The lowest BCUT2D eigenvalue weighted by molar-refractivity contribution is -0.112. The first-order valence-electron chi connectivity index (χ1n) is 3.59. The molecule has 0 bridgehead atoms. The summed E-state index contributed by atoms with van der Waals surface area (Å²) in [6, 6.07) is 6.43. The minimum atomic E-state index is -0.388. The third kappa shape index (κ3) is 1.98. The largest absolute Gasteiger partial charge is 0.508 e. The molecule has 1 aromatic carbocycles. The van der Waals surface area contributed by atoms with Gasteiger partial charge in [-0.15, -0.1) is 0 Å². The van der Waals surface area contributed by atoms with Crippen molar-refractivity contribution in [2.75, 3.05) is 0 Å². The number of rotatable bonds is 2. The highest BCUT2D eigenvalue weighted by Gasteiger charge is 2.11. The van der Waals surface area contributed by atoms with E-state index in [1.807, 2.05) is 0 Å². The molecule has 1 atom stereocenters. The number of carbonyl (C=O) groups is 1. The summed E-state index contributed by atoms with van der Waals surface area (Å²) < 4.78 is 0. The summed E-state index contributed by atoms with van der Waals surface area (Å²) in [5.74, 6) is -0.125. The van der Waals surface area contributed by atoms with E-state index >= 15 is 0 Å². The molecule has 1 unspecified atom stereocenters. The Kier molecular flexibility index (Phi) is 2.71. The van der Waals surface area contributed by atoms with Gasteiger partial charge >= 0.3 is 0 Å². The molecule has 3 heteroatoms. The standard InChI is InChI=1S/C9H9ClO2/c1-6(9(10)12)7-2-4-8(11)5-3-7/h2-6,11H,1H3. The predicted octanol–water partition coefficient (Wildman–Crippen LogP) is 2.26. The summed E-state index contributed by atoms with van der Waals surface area (Å²) >= 11 is 5.30. The van der Waals surface area contributed by atoms with Crippen LogP contribution in [0.2, 0.25) is 0 Å². The zero-order valence-corrected chi connectivity index (χ0v) is 7.38. The summed E-state index contributed by atoms with van der Waals surface area (Å²) in [5, 5.41) is 8.57. The Hall–Kier alpha value is -1.02. The maximum Gasteiger partial charge on any atom is 0.228 e. The third-order valence-electron chi connectivity index (χ3n) is 1.73. The van der Waals surface area contributed by atoms with Crippen molar-refractivity contribution in [3.63, 3.8) is 0 Å². The van der Waals surface area contributed by atoms with Crippen LogP contribution in [0.3, 0.4) is 0 Å². The van der Waals surface area contributed by atoms with Crippen LogP contribution >= 0.6 is 11.6 Å². The van der Waals surface area contributed by atoms with Gasteiger partial charge in [0.2, 0.25) is 5.24 Å². The monoisotopic (exact) mass is 184 g/mol. The quantitative estimate of drug-likeness (QED) is 0.716. The highest BCUT2D eigenvalue weighted by molar-refractivity contribution is 6.64. The number of aromatic hydroxyl groups is 1. The summed E-state index contributed by atoms with van der Waals surface area (Å²) in [6.07, 6.45) is 0. The van der Waals surface area contributed by atoms with Gasteiger partial charge in [-0.05, 0) is 29.3 Å². The van der Waals surface area contributed by atoms with Crippen molar-refractivity contribution in [3.8, 4) is 5.75 Å². The van der Waals surface area contributed by atoms with Crippen LogP contribution in [-0.4, -0.2) is 10.3 Å². The molecule has 0 aliphatic carbocycles. The topological polar surface area (TPSA) is 37.3 Å². The average Bonchev–Trinajstić information content (AvgIpc) is 2.04. The second-order valence-electron chi connectivity index (χ2n) is 2.62. The van der Waals surface area contributed by atoms with Gasteiger partial charge in [-0.1, -0.05) is 19.1 Å². The fourth-order valence-corrected chi connectivity index (χ4v) is 1.02. The van der Waals surface area contributed by atoms with E-state index in [1.54, 1.807) is 19.1 Å². The number of hydrogen-bond acceptors (Lipinski definition) is 2. The van der Waals surface area contributed by atoms with Gasteiger partial charge in [0.05, 0.1) is 5.92 Å². The minimum Gasteiger partial charge on any atom is -0.508 e. The van der Waals surface area contributed by atoms with E-state index in [0.717, 1.165) is 5.56 Å². The van der Waals surface area contributed by atoms with Crippen molar-refractivity contribution in [1.29, 1.82) is 0 Å². The number of halogens is 1. The summed E-state index contributed by atoms with van der Waals surface area (Å²) in [7, 11) is 0. The predicted molar refractivity (Wildman–Crippen MR) is 47.4 cm³/mol. The van der Waals surface area contributed by atoms with Crippen LogP contribution in [0.5, 0.6) is 5.75 Å². The molecule has 1 N–H and O–H groups in total. The number of phenols is 1. The van der Waals surface area contributed by atoms with Gasteiger partial charge in [-0.2, -0.15) is 0 Å². The van der Waals surface area contributed by atoms with Crippen LogP contribution in [0.15, 0.2) is 24.3 Å². The fraction of sp³-hybridized carbons (Fsp3) is 0.222. The molecule has 1 aromatic rings. The molecule has 0 fully saturated rings. The summed E-state index contributed by atoms with van der Waals surface area (Å²) in [6.45, 7) is 1.72. The molecule has 0 aliphatic heterocycles. The first-order chi connectivity index (χ1) is 5.61. The molecule has 0 aromatic heterocycles. The number of phenolic OH excluding ortho intramolecular Hbond substituents is 1. The van der Waals surface area contributed by atoms with Crippen LogP contribution in [0, 0.1) is 0 Å². The van der Waals surface area contributed by atoms with E-state index < -0.39 is 0 Å². The Bertz CT molecular complexity index is 279. The van der Waals surface area contributed by atoms with E-state index in [1.165, 1.54) is 12.1 Å². The summed E-state index contributed by atoms with van der Waals surface area (Å²) in [4.78, 5) is 10.7. The molecular weight excluding hydrogens is 176 g/mol. The van der Waals surface area contributed by atoms with Gasteiger partial charge < -0.3 is 5.11 Å². The van der Waals surface area contributed by atoms with Gasteiger partial charge in [0.15, 0.2) is 0 Å². The van der Waals surface area contributed by atoms with E-state index in [2.05, 4.69) is 0 Å². The normalized spacial score (nSPS) is 12.5.